The number of carboxylic acid groups (broad SMARTS) is 3. The second kappa shape index (κ2) is 46.8. The lowest BCUT2D eigenvalue weighted by Gasteiger charge is -2.22. The maximum Gasteiger partial charge on any atom is 0.305 e. The van der Waals surface area contributed by atoms with Gasteiger partial charge in [0.25, 0.3) is 0 Å². The molecule has 17 N–H and O–H groups in total. The molecule has 11 amide bonds. The zero-order valence-corrected chi connectivity index (χ0v) is 60.1. The fourth-order valence-electron chi connectivity index (χ4n) is 10.2. The Morgan fingerprint density at radius 3 is 0.927 bits per heavy atom. The van der Waals surface area contributed by atoms with Crippen molar-refractivity contribution in [3.05, 3.63) is 104 Å². The van der Waals surface area contributed by atoms with Crippen LogP contribution in [0.25, 0.3) is 34.2 Å². The highest BCUT2D eigenvalue weighted by atomic mass is 16.4. The summed E-state index contributed by atoms with van der Waals surface area (Å²) in [6.07, 6.45) is 5.87. The van der Waals surface area contributed by atoms with Crippen LogP contribution in [0.15, 0.2) is 104 Å². The molecule has 6 aromatic rings. The molecular formula is C68H91N25O17. The van der Waals surface area contributed by atoms with Gasteiger partial charge in [0.05, 0.1) is 42.1 Å². The summed E-state index contributed by atoms with van der Waals surface area (Å²) >= 11 is 0. The molecule has 0 aromatic carbocycles. The van der Waals surface area contributed by atoms with Crippen LogP contribution in [0.4, 0.5) is 0 Å². The molecule has 6 aromatic heterocycles. The van der Waals surface area contributed by atoms with Gasteiger partial charge in [0.15, 0.2) is 0 Å². The van der Waals surface area contributed by atoms with Crippen molar-refractivity contribution in [1.29, 1.82) is 0 Å². The summed E-state index contributed by atoms with van der Waals surface area (Å²) in [4.78, 5) is 193. The van der Waals surface area contributed by atoms with Crippen molar-refractivity contribution < 1.29 is 82.4 Å². The number of aryl methyl sites for hydroxylation is 3. The van der Waals surface area contributed by atoms with Crippen molar-refractivity contribution in [3.8, 4) is 34.2 Å². The van der Waals surface area contributed by atoms with Crippen LogP contribution < -0.4 is 69.5 Å². The number of rotatable bonds is 52. The van der Waals surface area contributed by atoms with Gasteiger partial charge in [-0.15, -0.1) is 15.3 Å². The third-order valence-electron chi connectivity index (χ3n) is 16.0. The van der Waals surface area contributed by atoms with E-state index in [1.165, 1.54) is 14.0 Å². The van der Waals surface area contributed by atoms with Gasteiger partial charge in [-0.05, 0) is 68.5 Å². The molecule has 590 valence electrons. The second-order valence-corrected chi connectivity index (χ2v) is 24.6. The average Bonchev–Trinajstić information content (AvgIpc) is 1.73. The Hall–Kier alpha value is -13.0. The van der Waals surface area contributed by atoms with E-state index in [1.54, 1.807) is 91.8 Å². The summed E-state index contributed by atoms with van der Waals surface area (Å²) in [5.41, 5.74) is 8.60. The van der Waals surface area contributed by atoms with Crippen LogP contribution in [0.5, 0.6) is 0 Å². The van der Waals surface area contributed by atoms with Gasteiger partial charge in [-0.2, -0.15) is 0 Å². The zero-order chi connectivity index (χ0) is 79.6. The number of carbonyl (C=O) groups is 14. The predicted octanol–water partition coefficient (Wildman–Crippen LogP) is -3.66. The third-order valence-corrected chi connectivity index (χ3v) is 16.0. The van der Waals surface area contributed by atoms with Crippen LogP contribution in [0.1, 0.15) is 96.3 Å². The fraction of sp³-hybridized carbons (Fsp3) is 0.456. The normalized spacial score (nSPS) is 12.2. The standard InChI is InChI=1S/C68H91N25O17/c1-43(16-30-75-64(106)47(11-13-61(100)101)81-59(98)20-35-79-68(110)51(83-57(96)18-31-73-55(94)15-26-69)25-39-93-42-54(87-90-93)46-10-4-7-29-72-46)80-49(23-37-91-40-52(85-88-91)44-8-2-5-27-70-44)66(108)78-34-19-58(97)82-48(12-14-62(102)103)65(107)77-33-21-60(99)84-50(67(109)76-32-17-56(95)74-36-22-63(104)105)24-38-92-41-53(86-89-92)45-9-3-6-28-71-45/h2-10,27-29,40-42,47-51,80H,1,11-26,30-39,69H2,(H,73,94)(H,74,95)(H,75,106)(H,76,109)(H,77,107)(H,78,108)(H,79,110)(H,81,98)(H,82,97)(H,83,96)(H,84,99)(H,100,101)(H,102,103)(H,104,105). The first-order valence-electron chi connectivity index (χ1n) is 35.3. The van der Waals surface area contributed by atoms with E-state index in [9.17, 15) is 77.3 Å². The summed E-state index contributed by atoms with van der Waals surface area (Å²) in [6, 6.07) is 9.41. The van der Waals surface area contributed by atoms with Gasteiger partial charge in [0, 0.05) is 154 Å². The molecule has 0 aliphatic heterocycles. The molecule has 6 rings (SSSR count). The SMILES string of the molecule is C=C(CCNC(=O)C(CCC(=O)O)NC(=O)CCNC(=O)C(CCn1cc(-c2ccccn2)nn1)NC(=O)CCNC(=O)CCN)NC(CCn1cc(-c2ccccn2)nn1)C(=O)NCCC(=O)NC(CCC(=O)O)C(=O)NCCC(=O)NC(CCn1cc(-c2ccccn2)nn1)C(=O)NCCC(=O)NCCC(=O)O. The number of carboxylic acids is 3. The molecule has 0 fully saturated rings. The first-order valence-corrected chi connectivity index (χ1v) is 35.3. The highest BCUT2D eigenvalue weighted by Gasteiger charge is 2.28. The van der Waals surface area contributed by atoms with Gasteiger partial charge in [-0.25, -0.2) is 0 Å². The van der Waals surface area contributed by atoms with Crippen LogP contribution in [-0.4, -0.2) is 241 Å². The number of hydrogen-bond acceptors (Lipinski definition) is 25. The minimum atomic E-state index is -1.43. The van der Waals surface area contributed by atoms with Gasteiger partial charge in [-0.1, -0.05) is 40.4 Å². The lowest BCUT2D eigenvalue weighted by molar-refractivity contribution is -0.139. The van der Waals surface area contributed by atoms with Crippen molar-refractivity contribution >= 4 is 82.9 Å². The van der Waals surface area contributed by atoms with E-state index in [2.05, 4.69) is 116 Å². The van der Waals surface area contributed by atoms with E-state index < -0.39 is 133 Å². The van der Waals surface area contributed by atoms with Crippen LogP contribution in [-0.2, 0) is 86.8 Å². The molecule has 0 aliphatic carbocycles. The maximum atomic E-state index is 14.0. The molecule has 0 saturated heterocycles. The Labute approximate surface area is 629 Å². The number of carbonyl (C=O) groups excluding carboxylic acids is 11. The van der Waals surface area contributed by atoms with Gasteiger partial charge in [-0.3, -0.25) is 96.1 Å². The van der Waals surface area contributed by atoms with Gasteiger partial charge >= 0.3 is 17.9 Å². The molecular weight excluding hydrogens is 1440 g/mol. The topological polar surface area (TPSA) is 601 Å². The van der Waals surface area contributed by atoms with Crippen molar-refractivity contribution in [2.75, 3.05) is 52.4 Å². The first kappa shape index (κ1) is 85.9. The molecule has 42 heteroatoms. The Bertz CT molecular complexity index is 4070. The van der Waals surface area contributed by atoms with Crippen LogP contribution in [0.3, 0.4) is 0 Å². The van der Waals surface area contributed by atoms with Crippen LogP contribution >= 0.6 is 0 Å². The summed E-state index contributed by atoms with van der Waals surface area (Å²) < 4.78 is 4.36. The summed E-state index contributed by atoms with van der Waals surface area (Å²) in [7, 11) is 0. The molecule has 110 heavy (non-hydrogen) atoms. The van der Waals surface area contributed by atoms with Crippen LogP contribution in [0.2, 0.25) is 0 Å². The van der Waals surface area contributed by atoms with Gasteiger partial charge in [0.2, 0.25) is 65.0 Å². The summed E-state index contributed by atoms with van der Waals surface area (Å²) in [6.45, 7) is 3.00. The average molecular weight is 1530 g/mol. The largest absolute Gasteiger partial charge is 0.481 e. The van der Waals surface area contributed by atoms with Crippen molar-refractivity contribution in [2.24, 2.45) is 5.73 Å². The predicted molar refractivity (Wildman–Crippen MR) is 386 cm³/mol. The Balaban J connectivity index is 1.00. The highest BCUT2D eigenvalue weighted by Crippen LogP contribution is 2.16. The van der Waals surface area contributed by atoms with E-state index >= 15 is 0 Å². The molecule has 5 atom stereocenters. The second-order valence-electron chi connectivity index (χ2n) is 24.6. The lowest BCUT2D eigenvalue weighted by atomic mass is 10.1. The molecule has 5 unspecified atom stereocenters. The lowest BCUT2D eigenvalue weighted by Crippen LogP contribution is -2.50. The molecule has 0 aliphatic rings. The minimum Gasteiger partial charge on any atom is -0.481 e. The molecule has 0 radical (unpaired) electrons. The molecule has 0 saturated carbocycles. The van der Waals surface area contributed by atoms with E-state index in [0.29, 0.717) is 34.2 Å². The van der Waals surface area contributed by atoms with E-state index in [-0.39, 0.29) is 154 Å². The highest BCUT2D eigenvalue weighted by molar-refractivity contribution is 5.92. The monoisotopic (exact) mass is 1530 g/mol. The number of pyridine rings is 3. The van der Waals surface area contributed by atoms with Crippen molar-refractivity contribution in [2.45, 2.75) is 146 Å². The fourth-order valence-corrected chi connectivity index (χ4v) is 10.2. The third kappa shape index (κ3) is 32.8. The molecule has 0 bridgehead atoms. The number of nitrogens with one attached hydrogen (secondary N) is 12. The van der Waals surface area contributed by atoms with Crippen molar-refractivity contribution in [1.82, 2.24) is 124 Å². The minimum absolute atomic E-state index is 0.0118. The maximum absolute atomic E-state index is 14.0. The van der Waals surface area contributed by atoms with E-state index in [4.69, 9.17) is 10.8 Å². The van der Waals surface area contributed by atoms with Crippen molar-refractivity contribution in [3.63, 3.8) is 0 Å². The van der Waals surface area contributed by atoms with Gasteiger partial charge in [0.1, 0.15) is 47.3 Å². The van der Waals surface area contributed by atoms with Gasteiger partial charge < -0.3 is 84.9 Å². The Kier molecular flexibility index (Phi) is 36.5. The Morgan fingerprint density at radius 2 is 0.618 bits per heavy atom. The van der Waals surface area contributed by atoms with E-state index in [0.717, 1.165) is 0 Å². The zero-order valence-electron chi connectivity index (χ0n) is 60.1. The summed E-state index contributed by atoms with van der Waals surface area (Å²) in [5.74, 6) is -11.0. The number of aliphatic carboxylic acids is 3. The number of hydrogen-bond donors (Lipinski definition) is 16. The first-order chi connectivity index (χ1) is 52.9. The number of amides is 11. The van der Waals surface area contributed by atoms with E-state index in [1.807, 2.05) is 0 Å². The van der Waals surface area contributed by atoms with Crippen LogP contribution in [0, 0.1) is 0 Å². The molecule has 6 heterocycles. The smallest absolute Gasteiger partial charge is 0.305 e. The molecule has 42 nitrogen and oxygen atoms in total. The number of aromatic nitrogens is 12. The molecule has 0 spiro atoms. The number of nitrogens with two attached hydrogens (primary N) is 1. The Morgan fingerprint density at radius 1 is 0.336 bits per heavy atom. The number of nitrogens with zero attached hydrogens (tertiary/aromatic N) is 12. The quantitative estimate of drug-likeness (QED) is 0.0175. The summed E-state index contributed by atoms with van der Waals surface area (Å²) in [5, 5.41) is 83.9.